The van der Waals surface area contributed by atoms with Gasteiger partial charge in [-0.15, -0.1) is 0 Å². The summed E-state index contributed by atoms with van der Waals surface area (Å²) in [6.07, 6.45) is -3.11. The minimum Gasteiger partial charge on any atom is -0.385 e. The molecular formula is C11H9FN2O2. The van der Waals surface area contributed by atoms with E-state index in [2.05, 4.69) is 0 Å². The van der Waals surface area contributed by atoms with Crippen LogP contribution >= 0.6 is 0 Å². The zero-order valence-corrected chi connectivity index (χ0v) is 8.26. The minimum absolute atomic E-state index is 0.0665. The number of benzene rings is 1. The van der Waals surface area contributed by atoms with Gasteiger partial charge in [0.05, 0.1) is 18.6 Å². The molecule has 1 rings (SSSR count). The topological polar surface area (TPSA) is 88.0 Å². The van der Waals surface area contributed by atoms with E-state index < -0.39 is 18.0 Å². The standard InChI is InChI=1S/C11H9FN2O2/c12-9-5-8(11(16)10(15)6-14)2-1-7(9)3-4-13/h1-2,5,10-11,15-16H,3H2. The van der Waals surface area contributed by atoms with Gasteiger partial charge >= 0.3 is 0 Å². The van der Waals surface area contributed by atoms with E-state index in [4.69, 9.17) is 15.6 Å². The van der Waals surface area contributed by atoms with Gasteiger partial charge in [-0.25, -0.2) is 4.39 Å². The van der Waals surface area contributed by atoms with Crippen molar-refractivity contribution in [2.24, 2.45) is 0 Å². The van der Waals surface area contributed by atoms with Gasteiger partial charge in [0.1, 0.15) is 11.9 Å². The molecule has 0 aliphatic carbocycles. The van der Waals surface area contributed by atoms with E-state index in [9.17, 15) is 9.50 Å². The number of aliphatic hydroxyl groups excluding tert-OH is 2. The molecule has 0 aromatic heterocycles. The number of rotatable bonds is 3. The van der Waals surface area contributed by atoms with Gasteiger partial charge in [0.2, 0.25) is 0 Å². The van der Waals surface area contributed by atoms with Gasteiger partial charge in [0, 0.05) is 5.56 Å². The first kappa shape index (κ1) is 12.1. The first-order chi connectivity index (χ1) is 7.60. The Labute approximate surface area is 91.8 Å². The third-order valence-electron chi connectivity index (χ3n) is 2.12. The van der Waals surface area contributed by atoms with Crippen molar-refractivity contribution in [3.63, 3.8) is 0 Å². The van der Waals surface area contributed by atoms with Crippen LogP contribution in [0, 0.1) is 28.5 Å². The van der Waals surface area contributed by atoms with E-state index in [1.54, 1.807) is 6.07 Å². The number of nitriles is 2. The van der Waals surface area contributed by atoms with Crippen LogP contribution < -0.4 is 0 Å². The van der Waals surface area contributed by atoms with Gasteiger partial charge in [0.15, 0.2) is 6.10 Å². The normalized spacial score (nSPS) is 13.6. The van der Waals surface area contributed by atoms with Crippen LogP contribution in [0.4, 0.5) is 4.39 Å². The molecule has 0 fully saturated rings. The van der Waals surface area contributed by atoms with Crippen molar-refractivity contribution in [3.8, 4) is 12.1 Å². The largest absolute Gasteiger partial charge is 0.385 e. The predicted molar refractivity (Wildman–Crippen MR) is 52.3 cm³/mol. The SMILES string of the molecule is N#CCc1ccc(C(O)C(O)C#N)cc1F. The molecule has 0 heterocycles. The summed E-state index contributed by atoms with van der Waals surface area (Å²) >= 11 is 0. The molecule has 0 saturated heterocycles. The van der Waals surface area contributed by atoms with Crippen molar-refractivity contribution in [2.75, 3.05) is 0 Å². The Hall–Kier alpha value is -1.95. The van der Waals surface area contributed by atoms with E-state index in [1.165, 1.54) is 18.2 Å². The molecule has 0 spiro atoms. The second kappa shape index (κ2) is 5.22. The summed E-state index contributed by atoms with van der Waals surface area (Å²) < 4.78 is 13.3. The smallest absolute Gasteiger partial charge is 0.170 e. The van der Waals surface area contributed by atoms with Crippen LogP contribution in [-0.4, -0.2) is 16.3 Å². The van der Waals surface area contributed by atoms with Crippen molar-refractivity contribution in [1.82, 2.24) is 0 Å². The fourth-order valence-corrected chi connectivity index (χ4v) is 1.23. The monoisotopic (exact) mass is 220 g/mol. The van der Waals surface area contributed by atoms with Crippen LogP contribution in [0.1, 0.15) is 17.2 Å². The van der Waals surface area contributed by atoms with Crippen LogP contribution in [0.15, 0.2) is 18.2 Å². The molecule has 16 heavy (non-hydrogen) atoms. The maximum absolute atomic E-state index is 13.3. The van der Waals surface area contributed by atoms with E-state index in [0.717, 1.165) is 6.07 Å². The van der Waals surface area contributed by atoms with Gasteiger partial charge < -0.3 is 10.2 Å². The molecule has 0 amide bonds. The fraction of sp³-hybridized carbons (Fsp3) is 0.273. The zero-order valence-electron chi connectivity index (χ0n) is 8.26. The van der Waals surface area contributed by atoms with E-state index in [1.807, 2.05) is 0 Å². The highest BCUT2D eigenvalue weighted by atomic mass is 19.1. The molecule has 0 aliphatic heterocycles. The molecule has 2 N–H and O–H groups in total. The average molecular weight is 220 g/mol. The average Bonchev–Trinajstić information content (AvgIpc) is 2.30. The van der Waals surface area contributed by atoms with Crippen molar-refractivity contribution in [3.05, 3.63) is 35.1 Å². The van der Waals surface area contributed by atoms with Crippen LogP contribution in [0.3, 0.4) is 0 Å². The number of aliphatic hydroxyl groups is 2. The van der Waals surface area contributed by atoms with E-state index in [-0.39, 0.29) is 17.5 Å². The van der Waals surface area contributed by atoms with Gasteiger partial charge in [-0.2, -0.15) is 10.5 Å². The summed E-state index contributed by atoms with van der Waals surface area (Å²) in [6.45, 7) is 0. The molecule has 2 unspecified atom stereocenters. The number of nitrogens with zero attached hydrogens (tertiary/aromatic N) is 2. The Bertz CT molecular complexity index is 462. The minimum atomic E-state index is -1.60. The summed E-state index contributed by atoms with van der Waals surface area (Å²) in [6, 6.07) is 6.99. The molecule has 0 radical (unpaired) electrons. The molecule has 5 heteroatoms. The Balaban J connectivity index is 2.98. The highest BCUT2D eigenvalue weighted by molar-refractivity contribution is 5.28. The predicted octanol–water partition coefficient (Wildman–Crippen LogP) is 0.810. The van der Waals surface area contributed by atoms with Crippen LogP contribution in [0.25, 0.3) is 0 Å². The quantitative estimate of drug-likeness (QED) is 0.738. The summed E-state index contributed by atoms with van der Waals surface area (Å²) in [4.78, 5) is 0. The summed E-state index contributed by atoms with van der Waals surface area (Å²) in [5.41, 5.74) is 0.318. The Morgan fingerprint density at radius 1 is 1.31 bits per heavy atom. The second-order valence-electron chi connectivity index (χ2n) is 3.20. The van der Waals surface area contributed by atoms with Crippen LogP contribution in [-0.2, 0) is 6.42 Å². The third-order valence-corrected chi connectivity index (χ3v) is 2.12. The van der Waals surface area contributed by atoms with E-state index in [0.29, 0.717) is 0 Å². The zero-order chi connectivity index (χ0) is 12.1. The summed E-state index contributed by atoms with van der Waals surface area (Å²) in [5, 5.41) is 35.3. The molecular weight excluding hydrogens is 211 g/mol. The lowest BCUT2D eigenvalue weighted by molar-refractivity contribution is 0.0526. The molecule has 0 aliphatic rings. The van der Waals surface area contributed by atoms with Crippen LogP contribution in [0.2, 0.25) is 0 Å². The van der Waals surface area contributed by atoms with Gasteiger partial charge in [-0.3, -0.25) is 0 Å². The van der Waals surface area contributed by atoms with E-state index >= 15 is 0 Å². The lowest BCUT2D eigenvalue weighted by Gasteiger charge is -2.12. The number of hydrogen-bond acceptors (Lipinski definition) is 4. The maximum Gasteiger partial charge on any atom is 0.170 e. The van der Waals surface area contributed by atoms with Crippen molar-refractivity contribution in [1.29, 1.82) is 10.5 Å². The highest BCUT2D eigenvalue weighted by Gasteiger charge is 2.18. The number of halogens is 1. The Morgan fingerprint density at radius 2 is 2.00 bits per heavy atom. The highest BCUT2D eigenvalue weighted by Crippen LogP contribution is 2.19. The molecule has 82 valence electrons. The van der Waals surface area contributed by atoms with Gasteiger partial charge in [0.25, 0.3) is 0 Å². The van der Waals surface area contributed by atoms with Crippen molar-refractivity contribution >= 4 is 0 Å². The fourth-order valence-electron chi connectivity index (χ4n) is 1.23. The van der Waals surface area contributed by atoms with Crippen molar-refractivity contribution < 1.29 is 14.6 Å². The first-order valence-electron chi connectivity index (χ1n) is 4.51. The lowest BCUT2D eigenvalue weighted by atomic mass is 10.0. The third kappa shape index (κ3) is 2.54. The van der Waals surface area contributed by atoms with Crippen molar-refractivity contribution in [2.45, 2.75) is 18.6 Å². The molecule has 1 aromatic carbocycles. The summed E-state index contributed by atoms with van der Waals surface area (Å²) in [7, 11) is 0. The molecule has 1 aromatic rings. The number of hydrogen-bond donors (Lipinski definition) is 2. The Kier molecular flexibility index (Phi) is 3.96. The lowest BCUT2D eigenvalue weighted by Crippen LogP contribution is -2.16. The Morgan fingerprint density at radius 3 is 2.50 bits per heavy atom. The first-order valence-corrected chi connectivity index (χ1v) is 4.51. The summed E-state index contributed by atoms with van der Waals surface area (Å²) in [5.74, 6) is -0.636. The molecule has 0 bridgehead atoms. The van der Waals surface area contributed by atoms with Crippen LogP contribution in [0.5, 0.6) is 0 Å². The molecule has 2 atom stereocenters. The molecule has 0 saturated carbocycles. The van der Waals surface area contributed by atoms with Gasteiger partial charge in [-0.05, 0) is 11.6 Å². The van der Waals surface area contributed by atoms with Gasteiger partial charge in [-0.1, -0.05) is 12.1 Å². The second-order valence-corrected chi connectivity index (χ2v) is 3.20. The molecule has 4 nitrogen and oxygen atoms in total. The maximum atomic E-state index is 13.3.